The molecule has 3 unspecified atom stereocenters. The Hall–Kier alpha value is -1.85. The molecule has 1 amide bonds. The average Bonchev–Trinajstić information content (AvgIpc) is 2.99. The number of nitrogens with one attached hydrogen (secondary N) is 1. The van der Waals surface area contributed by atoms with E-state index in [1.165, 1.54) is 0 Å². The van der Waals surface area contributed by atoms with Crippen LogP contribution in [0.25, 0.3) is 10.9 Å². The molecule has 1 aromatic heterocycles. The standard InChI is InChI=1S/C19H29N3O2/c1-6-22(13(4)17(20)12(2)3)19(23)18(24-5)15-11-21-16-10-8-7-9-14(15)16/h7-13,17-18,21H,6,20H2,1-5H3. The van der Waals surface area contributed by atoms with Gasteiger partial charge in [-0.3, -0.25) is 4.79 Å². The number of likely N-dealkylation sites (N-methyl/N-ethyl adjacent to an activating group) is 1. The molecule has 5 heteroatoms. The number of carbonyl (C=O) groups is 1. The second-order valence-electron chi connectivity index (χ2n) is 6.59. The molecule has 0 saturated carbocycles. The number of ether oxygens (including phenoxy) is 1. The van der Waals surface area contributed by atoms with Crippen LogP contribution in [0.2, 0.25) is 0 Å². The van der Waals surface area contributed by atoms with Crippen LogP contribution < -0.4 is 5.73 Å². The summed E-state index contributed by atoms with van der Waals surface area (Å²) in [5.41, 5.74) is 8.14. The number of H-pyrrole nitrogens is 1. The van der Waals surface area contributed by atoms with Gasteiger partial charge in [-0.05, 0) is 25.8 Å². The molecular formula is C19H29N3O2. The van der Waals surface area contributed by atoms with Crippen LogP contribution in [-0.4, -0.2) is 41.5 Å². The number of nitrogens with two attached hydrogens (primary N) is 1. The highest BCUT2D eigenvalue weighted by atomic mass is 16.5. The Balaban J connectivity index is 2.33. The van der Waals surface area contributed by atoms with Gasteiger partial charge in [0, 0.05) is 48.4 Å². The third-order valence-electron chi connectivity index (χ3n) is 4.81. The number of benzene rings is 1. The molecule has 2 rings (SSSR count). The van der Waals surface area contributed by atoms with Gasteiger partial charge in [0.1, 0.15) is 0 Å². The quantitative estimate of drug-likeness (QED) is 0.819. The smallest absolute Gasteiger partial charge is 0.256 e. The number of aromatic amines is 1. The number of rotatable bonds is 7. The van der Waals surface area contributed by atoms with E-state index in [2.05, 4.69) is 18.8 Å². The summed E-state index contributed by atoms with van der Waals surface area (Å²) in [4.78, 5) is 18.2. The van der Waals surface area contributed by atoms with Crippen LogP contribution in [-0.2, 0) is 9.53 Å². The highest BCUT2D eigenvalue weighted by Crippen LogP contribution is 2.28. The van der Waals surface area contributed by atoms with Crippen LogP contribution in [0.3, 0.4) is 0 Å². The first-order valence-corrected chi connectivity index (χ1v) is 8.57. The van der Waals surface area contributed by atoms with Crippen LogP contribution in [0, 0.1) is 5.92 Å². The summed E-state index contributed by atoms with van der Waals surface area (Å²) in [6.07, 6.45) is 1.22. The van der Waals surface area contributed by atoms with Crippen LogP contribution in [0.1, 0.15) is 39.4 Å². The third-order valence-corrected chi connectivity index (χ3v) is 4.81. The molecule has 0 aliphatic carbocycles. The van der Waals surface area contributed by atoms with Gasteiger partial charge in [0.2, 0.25) is 0 Å². The first-order chi connectivity index (χ1) is 11.4. The number of nitrogens with zero attached hydrogens (tertiary/aromatic N) is 1. The molecule has 3 N–H and O–H groups in total. The monoisotopic (exact) mass is 331 g/mol. The minimum Gasteiger partial charge on any atom is -0.367 e. The molecule has 1 aromatic carbocycles. The maximum Gasteiger partial charge on any atom is 0.256 e. The second kappa shape index (κ2) is 7.81. The van der Waals surface area contributed by atoms with Crippen LogP contribution >= 0.6 is 0 Å². The van der Waals surface area contributed by atoms with E-state index in [0.717, 1.165) is 16.5 Å². The minimum atomic E-state index is -0.636. The Kier molecular flexibility index (Phi) is 6.02. The van der Waals surface area contributed by atoms with Crippen molar-refractivity contribution in [2.45, 2.75) is 45.9 Å². The lowest BCUT2D eigenvalue weighted by molar-refractivity contribution is -0.144. The van der Waals surface area contributed by atoms with E-state index >= 15 is 0 Å². The van der Waals surface area contributed by atoms with Crippen LogP contribution in [0.4, 0.5) is 0 Å². The number of hydrogen-bond donors (Lipinski definition) is 2. The molecule has 0 aliphatic heterocycles. The van der Waals surface area contributed by atoms with E-state index in [0.29, 0.717) is 12.5 Å². The molecule has 3 atom stereocenters. The topological polar surface area (TPSA) is 71.3 Å². The van der Waals surface area contributed by atoms with Gasteiger partial charge in [-0.2, -0.15) is 0 Å². The van der Waals surface area contributed by atoms with Gasteiger partial charge in [-0.15, -0.1) is 0 Å². The zero-order valence-electron chi connectivity index (χ0n) is 15.2. The van der Waals surface area contributed by atoms with E-state index in [1.54, 1.807) is 7.11 Å². The van der Waals surface area contributed by atoms with Crippen molar-refractivity contribution < 1.29 is 9.53 Å². The summed E-state index contributed by atoms with van der Waals surface area (Å²) in [6, 6.07) is 7.80. The number of amides is 1. The molecule has 2 aromatic rings. The zero-order chi connectivity index (χ0) is 17.9. The van der Waals surface area contributed by atoms with Gasteiger partial charge in [-0.25, -0.2) is 0 Å². The number of fused-ring (bicyclic) bond motifs is 1. The number of aromatic nitrogens is 1. The van der Waals surface area contributed by atoms with Crippen molar-refractivity contribution in [3.8, 4) is 0 Å². The lowest BCUT2D eigenvalue weighted by Crippen LogP contribution is -2.52. The summed E-state index contributed by atoms with van der Waals surface area (Å²) < 4.78 is 5.59. The first-order valence-electron chi connectivity index (χ1n) is 8.57. The van der Waals surface area contributed by atoms with E-state index in [9.17, 15) is 4.79 Å². The Morgan fingerprint density at radius 3 is 2.54 bits per heavy atom. The van der Waals surface area contributed by atoms with Crippen LogP contribution in [0.5, 0.6) is 0 Å². The number of hydrogen-bond acceptors (Lipinski definition) is 3. The highest BCUT2D eigenvalue weighted by Gasteiger charge is 2.32. The van der Waals surface area contributed by atoms with Crippen molar-refractivity contribution in [2.75, 3.05) is 13.7 Å². The van der Waals surface area contributed by atoms with Gasteiger partial charge in [0.25, 0.3) is 5.91 Å². The van der Waals surface area contributed by atoms with Crippen molar-refractivity contribution in [3.05, 3.63) is 36.0 Å². The zero-order valence-corrected chi connectivity index (χ0v) is 15.2. The maximum absolute atomic E-state index is 13.1. The highest BCUT2D eigenvalue weighted by molar-refractivity contribution is 5.91. The van der Waals surface area contributed by atoms with Gasteiger partial charge >= 0.3 is 0 Å². The average molecular weight is 331 g/mol. The molecule has 1 heterocycles. The van der Waals surface area contributed by atoms with E-state index in [4.69, 9.17) is 10.5 Å². The van der Waals surface area contributed by atoms with Crippen molar-refractivity contribution >= 4 is 16.8 Å². The lowest BCUT2D eigenvalue weighted by Gasteiger charge is -2.36. The van der Waals surface area contributed by atoms with E-state index < -0.39 is 6.10 Å². The predicted octanol–water partition coefficient (Wildman–Crippen LogP) is 3.08. The second-order valence-corrected chi connectivity index (χ2v) is 6.59. The molecule has 132 valence electrons. The largest absolute Gasteiger partial charge is 0.367 e. The molecule has 0 aliphatic rings. The Labute approximate surface area is 144 Å². The molecule has 5 nitrogen and oxygen atoms in total. The third kappa shape index (κ3) is 3.47. The van der Waals surface area contributed by atoms with Gasteiger partial charge in [0.05, 0.1) is 0 Å². The molecule has 24 heavy (non-hydrogen) atoms. The summed E-state index contributed by atoms with van der Waals surface area (Å²) in [5.74, 6) is 0.254. The molecule has 0 bridgehead atoms. The molecular weight excluding hydrogens is 302 g/mol. The van der Waals surface area contributed by atoms with Crippen molar-refractivity contribution in [1.82, 2.24) is 9.88 Å². The Bertz CT molecular complexity index is 680. The Morgan fingerprint density at radius 1 is 1.29 bits per heavy atom. The first kappa shape index (κ1) is 18.5. The molecule has 0 spiro atoms. The van der Waals surface area contributed by atoms with Crippen LogP contribution in [0.15, 0.2) is 30.5 Å². The molecule has 0 fully saturated rings. The fourth-order valence-electron chi connectivity index (χ4n) is 3.23. The van der Waals surface area contributed by atoms with Crippen molar-refractivity contribution in [1.29, 1.82) is 0 Å². The van der Waals surface area contributed by atoms with Crippen molar-refractivity contribution in [2.24, 2.45) is 11.7 Å². The summed E-state index contributed by atoms with van der Waals surface area (Å²) >= 11 is 0. The SMILES string of the molecule is CCN(C(=O)C(OC)c1c[nH]c2ccccc12)C(C)C(N)C(C)C. The number of para-hydroxylation sites is 1. The minimum absolute atomic E-state index is 0.0478. The van der Waals surface area contributed by atoms with Gasteiger partial charge < -0.3 is 20.4 Å². The van der Waals surface area contributed by atoms with E-state index in [-0.39, 0.29) is 18.0 Å². The van der Waals surface area contributed by atoms with Gasteiger partial charge in [-0.1, -0.05) is 32.0 Å². The normalized spacial score (nSPS) is 15.5. The fourth-order valence-corrected chi connectivity index (χ4v) is 3.23. The summed E-state index contributed by atoms with van der Waals surface area (Å²) in [7, 11) is 1.57. The number of methoxy groups -OCH3 is 1. The van der Waals surface area contributed by atoms with Gasteiger partial charge in [0.15, 0.2) is 6.10 Å². The van der Waals surface area contributed by atoms with E-state index in [1.807, 2.05) is 49.2 Å². The lowest BCUT2D eigenvalue weighted by atomic mass is 9.96. The maximum atomic E-state index is 13.1. The molecule has 0 saturated heterocycles. The predicted molar refractivity (Wildman–Crippen MR) is 97.7 cm³/mol. The molecule has 0 radical (unpaired) electrons. The van der Waals surface area contributed by atoms with Crippen molar-refractivity contribution in [3.63, 3.8) is 0 Å². The summed E-state index contributed by atoms with van der Waals surface area (Å²) in [5, 5.41) is 1.01. The fraction of sp³-hybridized carbons (Fsp3) is 0.526. The Morgan fingerprint density at radius 2 is 1.96 bits per heavy atom. The summed E-state index contributed by atoms with van der Waals surface area (Å²) in [6.45, 7) is 8.74. The number of carbonyl (C=O) groups excluding carboxylic acids is 1.